The maximum atomic E-state index is 12.9. The number of ether oxygens (including phenoxy) is 1. The average Bonchev–Trinajstić information content (AvgIpc) is 3.69. The highest BCUT2D eigenvalue weighted by atomic mass is 16.5. The zero-order valence-electron chi connectivity index (χ0n) is 23.1. The minimum absolute atomic E-state index is 0.0377. The third-order valence-electron chi connectivity index (χ3n) is 6.76. The van der Waals surface area contributed by atoms with E-state index >= 15 is 0 Å². The first-order valence-corrected chi connectivity index (χ1v) is 13.3. The molecule has 0 aliphatic heterocycles. The number of esters is 1. The second-order valence-electron chi connectivity index (χ2n) is 9.65. The van der Waals surface area contributed by atoms with Crippen molar-refractivity contribution in [2.45, 2.75) is 31.7 Å². The van der Waals surface area contributed by atoms with Gasteiger partial charge in [-0.2, -0.15) is 15.2 Å². The lowest BCUT2D eigenvalue weighted by molar-refractivity contribution is -0.143. The molecular formula is C28H29N11O4. The summed E-state index contributed by atoms with van der Waals surface area (Å²) < 4.78 is 4.85. The van der Waals surface area contributed by atoms with E-state index < -0.39 is 17.9 Å². The highest BCUT2D eigenvalue weighted by Crippen LogP contribution is 2.24. The second-order valence-corrected chi connectivity index (χ2v) is 9.65. The zero-order chi connectivity index (χ0) is 30.3. The Balaban J connectivity index is 1.15. The van der Waals surface area contributed by atoms with Crippen LogP contribution in [0.15, 0.2) is 54.7 Å². The molecule has 0 spiro atoms. The van der Waals surface area contributed by atoms with Gasteiger partial charge in [0.2, 0.25) is 17.7 Å². The largest absolute Gasteiger partial charge is 0.467 e. The van der Waals surface area contributed by atoms with E-state index in [1.165, 1.54) is 7.11 Å². The molecule has 1 atom stereocenters. The number of nitrogen functional groups attached to an aromatic ring is 2. The summed E-state index contributed by atoms with van der Waals surface area (Å²) in [4.78, 5) is 49.2. The number of carbonyl (C=O) groups is 3. The van der Waals surface area contributed by atoms with Crippen molar-refractivity contribution in [2.75, 3.05) is 23.9 Å². The molecule has 0 saturated carbocycles. The molecule has 5 rings (SSSR count). The smallest absolute Gasteiger partial charge is 0.328 e. The molecule has 0 saturated heterocycles. The van der Waals surface area contributed by atoms with Crippen LogP contribution in [0.3, 0.4) is 0 Å². The van der Waals surface area contributed by atoms with Gasteiger partial charge in [-0.3, -0.25) is 9.59 Å². The van der Waals surface area contributed by atoms with Crippen LogP contribution in [0, 0.1) is 0 Å². The van der Waals surface area contributed by atoms with Crippen LogP contribution in [-0.4, -0.2) is 66.5 Å². The van der Waals surface area contributed by atoms with Crippen LogP contribution in [0.5, 0.6) is 0 Å². The highest BCUT2D eigenvalue weighted by molar-refractivity contribution is 5.97. The van der Waals surface area contributed by atoms with Crippen molar-refractivity contribution in [1.29, 1.82) is 0 Å². The number of fused-ring (bicyclic) bond motifs is 1. The van der Waals surface area contributed by atoms with Crippen LogP contribution in [-0.2, 0) is 27.2 Å². The standard InChI is InChI=1S/C28H29N11O4/c1-43-27(42)20(11-12-21(40)32-19-4-2-3-17(13-19)24-36-38-39-37-24)33-26(41)16-8-5-15(6-9-16)7-10-18-14-31-25-22(18)23(29)34-28(30)35-25/h2-6,8-9,13-14,20H,7,10-12H2,1H3,(H,32,40)(H,33,41)(H,36,37,38,39)(H5,29,30,31,34,35)/t20-/m0/s1. The van der Waals surface area contributed by atoms with Gasteiger partial charge in [-0.05, 0) is 59.9 Å². The summed E-state index contributed by atoms with van der Waals surface area (Å²) >= 11 is 0. The summed E-state index contributed by atoms with van der Waals surface area (Å²) in [5.41, 5.74) is 15.8. The summed E-state index contributed by atoms with van der Waals surface area (Å²) in [6.07, 6.45) is 3.17. The number of carbonyl (C=O) groups excluding carboxylic acids is 3. The molecule has 2 amide bonds. The lowest BCUT2D eigenvalue weighted by Crippen LogP contribution is -2.42. The van der Waals surface area contributed by atoms with Gasteiger partial charge in [-0.1, -0.05) is 24.3 Å². The Morgan fingerprint density at radius 2 is 1.86 bits per heavy atom. The summed E-state index contributed by atoms with van der Waals surface area (Å²) in [7, 11) is 1.22. The highest BCUT2D eigenvalue weighted by Gasteiger charge is 2.23. The van der Waals surface area contributed by atoms with Gasteiger partial charge in [0.25, 0.3) is 5.91 Å². The lowest BCUT2D eigenvalue weighted by atomic mass is 10.0. The maximum absolute atomic E-state index is 12.9. The molecule has 0 aliphatic carbocycles. The predicted octanol–water partition coefficient (Wildman–Crippen LogP) is 1.78. The van der Waals surface area contributed by atoms with Crippen LogP contribution >= 0.6 is 0 Å². The van der Waals surface area contributed by atoms with Gasteiger partial charge >= 0.3 is 5.97 Å². The van der Waals surface area contributed by atoms with Gasteiger partial charge in [0, 0.05) is 29.4 Å². The van der Waals surface area contributed by atoms with E-state index in [2.05, 4.69) is 46.2 Å². The summed E-state index contributed by atoms with van der Waals surface area (Å²) in [5, 5.41) is 19.9. The number of aromatic amines is 2. The Morgan fingerprint density at radius 3 is 2.60 bits per heavy atom. The maximum Gasteiger partial charge on any atom is 0.328 e. The van der Waals surface area contributed by atoms with Crippen molar-refractivity contribution in [2.24, 2.45) is 0 Å². The molecule has 15 heteroatoms. The van der Waals surface area contributed by atoms with E-state index in [9.17, 15) is 14.4 Å². The van der Waals surface area contributed by atoms with Gasteiger partial charge in [0.05, 0.1) is 12.5 Å². The molecule has 2 aromatic carbocycles. The molecule has 3 aromatic heterocycles. The Kier molecular flexibility index (Phi) is 8.50. The number of nitrogens with two attached hydrogens (primary N) is 2. The number of aryl methyl sites for hydroxylation is 2. The molecule has 5 aromatic rings. The third kappa shape index (κ3) is 6.90. The van der Waals surface area contributed by atoms with Gasteiger partial charge in [0.15, 0.2) is 0 Å². The Labute approximate surface area is 244 Å². The Morgan fingerprint density at radius 1 is 1.05 bits per heavy atom. The van der Waals surface area contributed by atoms with Gasteiger partial charge in [-0.25, -0.2) is 4.79 Å². The van der Waals surface area contributed by atoms with Crippen molar-refractivity contribution >= 4 is 46.3 Å². The fraction of sp³-hybridized carbons (Fsp3) is 0.214. The molecule has 0 fully saturated rings. The van der Waals surface area contributed by atoms with Crippen molar-refractivity contribution in [1.82, 2.24) is 40.9 Å². The number of hydrogen-bond donors (Lipinski definition) is 6. The number of aromatic nitrogens is 7. The van der Waals surface area contributed by atoms with E-state index in [4.69, 9.17) is 16.2 Å². The molecule has 15 nitrogen and oxygen atoms in total. The first-order chi connectivity index (χ1) is 20.8. The molecule has 220 valence electrons. The van der Waals surface area contributed by atoms with Crippen molar-refractivity contribution < 1.29 is 19.1 Å². The van der Waals surface area contributed by atoms with Crippen LogP contribution in [0.2, 0.25) is 0 Å². The van der Waals surface area contributed by atoms with E-state index in [0.717, 1.165) is 16.5 Å². The number of nitrogens with zero attached hydrogens (tertiary/aromatic N) is 5. The molecule has 0 aliphatic rings. The molecule has 0 bridgehead atoms. The number of tetrazole rings is 1. The molecule has 43 heavy (non-hydrogen) atoms. The number of hydrogen-bond acceptors (Lipinski definition) is 11. The van der Waals surface area contributed by atoms with E-state index in [1.54, 1.807) is 36.4 Å². The number of anilines is 3. The second kappa shape index (κ2) is 12.8. The Hall–Kier alpha value is -5.86. The van der Waals surface area contributed by atoms with E-state index in [-0.39, 0.29) is 24.7 Å². The minimum atomic E-state index is -1.02. The van der Waals surface area contributed by atoms with Crippen molar-refractivity contribution in [3.63, 3.8) is 0 Å². The Bertz CT molecular complexity index is 1750. The van der Waals surface area contributed by atoms with Crippen molar-refractivity contribution in [3.05, 3.63) is 71.4 Å². The van der Waals surface area contributed by atoms with E-state index in [0.29, 0.717) is 46.9 Å². The molecule has 8 N–H and O–H groups in total. The third-order valence-corrected chi connectivity index (χ3v) is 6.76. The van der Waals surface area contributed by atoms with Gasteiger partial charge in [0.1, 0.15) is 17.5 Å². The number of H-pyrrole nitrogens is 2. The fourth-order valence-corrected chi connectivity index (χ4v) is 4.60. The molecule has 0 radical (unpaired) electrons. The monoisotopic (exact) mass is 583 g/mol. The van der Waals surface area contributed by atoms with E-state index in [1.807, 2.05) is 18.3 Å². The van der Waals surface area contributed by atoms with Crippen molar-refractivity contribution in [3.8, 4) is 11.4 Å². The zero-order valence-corrected chi connectivity index (χ0v) is 23.1. The minimum Gasteiger partial charge on any atom is -0.467 e. The summed E-state index contributed by atoms with van der Waals surface area (Å²) in [6, 6.07) is 13.0. The molecule has 3 heterocycles. The SMILES string of the molecule is COC(=O)[C@H](CCC(=O)Nc1cccc(-c2nn[nH]n2)c1)NC(=O)c1ccc(CCc2c[nH]c3nc(N)nc(N)c23)cc1. The summed E-state index contributed by atoms with van der Waals surface area (Å²) in [6.45, 7) is 0. The number of amides is 2. The van der Waals surface area contributed by atoms with Crippen LogP contribution in [0.1, 0.15) is 34.3 Å². The van der Waals surface area contributed by atoms with Gasteiger partial charge in [-0.15, -0.1) is 10.2 Å². The number of benzene rings is 2. The molecule has 0 unspecified atom stereocenters. The normalized spacial score (nSPS) is 11.7. The molecular weight excluding hydrogens is 554 g/mol. The predicted molar refractivity (Wildman–Crippen MR) is 157 cm³/mol. The van der Waals surface area contributed by atoms with Gasteiger partial charge < -0.3 is 31.8 Å². The fourth-order valence-electron chi connectivity index (χ4n) is 4.60. The van der Waals surface area contributed by atoms with Crippen LogP contribution in [0.25, 0.3) is 22.4 Å². The average molecular weight is 584 g/mol. The first kappa shape index (κ1) is 28.7. The quantitative estimate of drug-likeness (QED) is 0.123. The van der Waals surface area contributed by atoms with Crippen LogP contribution in [0.4, 0.5) is 17.5 Å². The first-order valence-electron chi connectivity index (χ1n) is 13.3. The topological polar surface area (TPSA) is 233 Å². The number of rotatable bonds is 11. The number of nitrogens with one attached hydrogen (secondary N) is 4. The number of methoxy groups -OCH3 is 1. The lowest BCUT2D eigenvalue weighted by Gasteiger charge is -2.16. The van der Waals surface area contributed by atoms with Crippen LogP contribution < -0.4 is 22.1 Å². The summed E-state index contributed by atoms with van der Waals surface area (Å²) in [5.74, 6) is -0.649.